The van der Waals surface area contributed by atoms with E-state index >= 15 is 0 Å². The van der Waals surface area contributed by atoms with Gasteiger partial charge in [-0.1, -0.05) is 12.2 Å². The number of hydrogen-bond acceptors (Lipinski definition) is 1. The first-order valence-electron chi connectivity index (χ1n) is 5.61. The molecule has 1 nitrogen and oxygen atoms in total. The van der Waals surface area contributed by atoms with E-state index in [1.54, 1.807) is 0 Å². The topological polar surface area (TPSA) is 9.23 Å². The van der Waals surface area contributed by atoms with Crippen LogP contribution in [-0.4, -0.2) is 39.4 Å². The van der Waals surface area contributed by atoms with Crippen LogP contribution in [0.2, 0.25) is 0 Å². The van der Waals surface area contributed by atoms with Gasteiger partial charge in [0.25, 0.3) is 0 Å². The molecule has 0 fully saturated rings. The van der Waals surface area contributed by atoms with Gasteiger partial charge in [-0.05, 0) is 18.8 Å². The van der Waals surface area contributed by atoms with Crippen molar-refractivity contribution >= 4 is 38.0 Å². The van der Waals surface area contributed by atoms with Crippen molar-refractivity contribution in [1.82, 2.24) is 0 Å². The molecule has 4 heteroatoms. The molecule has 94 valence electrons. The van der Waals surface area contributed by atoms with Crippen LogP contribution in [0.3, 0.4) is 0 Å². The van der Waals surface area contributed by atoms with E-state index < -0.39 is 9.76 Å². The molecule has 0 aliphatic rings. The van der Waals surface area contributed by atoms with E-state index in [9.17, 15) is 0 Å². The van der Waals surface area contributed by atoms with Crippen LogP contribution < -0.4 is 17.6 Å². The summed E-state index contributed by atoms with van der Waals surface area (Å²) in [5.41, 5.74) is 0. The molecule has 0 amide bonds. The maximum atomic E-state index is 5.82. The first-order valence-corrected chi connectivity index (χ1v) is 6.89. The van der Waals surface area contributed by atoms with Crippen molar-refractivity contribution in [3.05, 3.63) is 55.6 Å². The minimum absolute atomic E-state index is 0. The molecule has 0 heterocycles. The zero-order valence-corrected chi connectivity index (χ0v) is 14.4. The summed E-state index contributed by atoms with van der Waals surface area (Å²) in [4.78, 5) is 0. The molecule has 0 aromatic heterocycles. The Kier molecular flexibility index (Phi) is 15.0. The molecule has 0 aliphatic heterocycles. The van der Waals surface area contributed by atoms with Gasteiger partial charge in [0.15, 0.2) is 9.76 Å². The fourth-order valence-electron chi connectivity index (χ4n) is 1.56. The quantitative estimate of drug-likeness (QED) is 0.325. The Hall–Kier alpha value is -0.0669. The normalized spacial score (nSPS) is 9.83. The third-order valence-corrected chi connectivity index (χ3v) is 3.65. The van der Waals surface area contributed by atoms with Crippen LogP contribution in [0.25, 0.3) is 0 Å². The molecule has 0 spiro atoms. The fourth-order valence-corrected chi connectivity index (χ4v) is 2.68. The Balaban J connectivity index is 0. The molecular formula is C14H19ClMgOSi. The number of benzene rings is 1. The maximum absolute atomic E-state index is 5.82. The van der Waals surface area contributed by atoms with E-state index in [-0.39, 0.29) is 35.5 Å². The predicted molar refractivity (Wildman–Crippen MR) is 78.3 cm³/mol. The average Bonchev–Trinajstić information content (AvgIpc) is 2.31. The zero-order chi connectivity index (χ0) is 11.6. The van der Waals surface area contributed by atoms with Crippen LogP contribution in [0.15, 0.2) is 49.6 Å². The van der Waals surface area contributed by atoms with E-state index in [0.29, 0.717) is 5.92 Å². The molecule has 0 saturated heterocycles. The van der Waals surface area contributed by atoms with Gasteiger partial charge < -0.3 is 16.8 Å². The summed E-state index contributed by atoms with van der Waals surface area (Å²) < 4.78 is 5.82. The second-order valence-corrected chi connectivity index (χ2v) is 5.35. The van der Waals surface area contributed by atoms with Crippen LogP contribution in [-0.2, 0) is 4.43 Å². The van der Waals surface area contributed by atoms with E-state index in [1.165, 1.54) is 5.19 Å². The zero-order valence-electron chi connectivity index (χ0n) is 10.8. The third kappa shape index (κ3) is 8.94. The molecule has 0 unspecified atom stereocenters. The summed E-state index contributed by atoms with van der Waals surface area (Å²) >= 11 is 0. The van der Waals surface area contributed by atoms with Crippen molar-refractivity contribution < 1.29 is 16.8 Å². The van der Waals surface area contributed by atoms with Crippen LogP contribution in [0, 0.1) is 12.0 Å². The van der Waals surface area contributed by atoms with Crippen LogP contribution in [0.1, 0.15) is 12.8 Å². The Morgan fingerprint density at radius 3 is 2.28 bits per heavy atom. The molecule has 18 heavy (non-hydrogen) atoms. The smallest absolute Gasteiger partial charge is 1.00 e. The maximum Gasteiger partial charge on any atom is 2.00 e. The van der Waals surface area contributed by atoms with Gasteiger partial charge in [-0.25, -0.2) is 0 Å². The van der Waals surface area contributed by atoms with Gasteiger partial charge in [0, 0.05) is 6.61 Å². The molecule has 0 bridgehead atoms. The monoisotopic (exact) mass is 290 g/mol. The summed E-state index contributed by atoms with van der Waals surface area (Å²) in [6.07, 6.45) is 5.92. The second-order valence-electron chi connectivity index (χ2n) is 3.84. The standard InChI is InChI=1S/C14H19OSi.ClH.Mg/c1-3-8-13(9-4-2)12-15-16-14-10-6-5-7-11-14;;/h3-4,6-7,10-11,13H,1-2,8-9,12,16H2;1H;/q-1;;+2/p-1. The third-order valence-electron chi connectivity index (χ3n) is 2.41. The Morgan fingerprint density at radius 1 is 1.22 bits per heavy atom. The van der Waals surface area contributed by atoms with Crippen molar-refractivity contribution in [3.63, 3.8) is 0 Å². The molecule has 0 aliphatic carbocycles. The Labute approximate surface area is 135 Å². The SMILES string of the molecule is C=CCC(CC=C)CO[SiH2]c1cc[c-]cc1.[Cl-].[Mg+2]. The Morgan fingerprint density at radius 2 is 1.78 bits per heavy atom. The second kappa shape index (κ2) is 13.4. The van der Waals surface area contributed by atoms with Gasteiger partial charge in [0.2, 0.25) is 0 Å². The summed E-state index contributed by atoms with van der Waals surface area (Å²) in [6.45, 7) is 8.35. The van der Waals surface area contributed by atoms with E-state index in [1.807, 2.05) is 24.3 Å². The minimum atomic E-state index is -0.577. The fraction of sp³-hybridized carbons (Fsp3) is 0.286. The van der Waals surface area contributed by atoms with Gasteiger partial charge in [-0.15, -0.1) is 18.3 Å². The molecule has 1 rings (SSSR count). The van der Waals surface area contributed by atoms with Crippen LogP contribution >= 0.6 is 0 Å². The van der Waals surface area contributed by atoms with Crippen LogP contribution in [0.4, 0.5) is 0 Å². The van der Waals surface area contributed by atoms with Gasteiger partial charge >= 0.3 is 23.1 Å². The van der Waals surface area contributed by atoms with Crippen molar-refractivity contribution in [2.24, 2.45) is 5.92 Å². The summed E-state index contributed by atoms with van der Waals surface area (Å²) in [5.74, 6) is 0.540. The Bertz CT molecular complexity index is 309. The van der Waals surface area contributed by atoms with Crippen molar-refractivity contribution in [2.75, 3.05) is 6.61 Å². The largest absolute Gasteiger partial charge is 2.00 e. The molecule has 1 aromatic rings. The van der Waals surface area contributed by atoms with E-state index in [4.69, 9.17) is 4.43 Å². The average molecular weight is 291 g/mol. The summed E-state index contributed by atoms with van der Waals surface area (Å²) in [6, 6.07) is 11.1. The van der Waals surface area contributed by atoms with Gasteiger partial charge in [0.1, 0.15) is 0 Å². The number of allylic oxidation sites excluding steroid dienone is 2. The minimum Gasteiger partial charge on any atom is -1.00 e. The molecule has 0 saturated carbocycles. The van der Waals surface area contributed by atoms with Crippen LogP contribution in [0.5, 0.6) is 0 Å². The van der Waals surface area contributed by atoms with Gasteiger partial charge in [-0.2, -0.15) is 30.3 Å². The summed E-state index contributed by atoms with van der Waals surface area (Å²) in [5, 5.41) is 1.33. The van der Waals surface area contributed by atoms with Gasteiger partial charge in [0.05, 0.1) is 0 Å². The van der Waals surface area contributed by atoms with Crippen molar-refractivity contribution in [1.29, 1.82) is 0 Å². The number of rotatable bonds is 8. The number of halogens is 1. The van der Waals surface area contributed by atoms with Crippen molar-refractivity contribution in [3.8, 4) is 0 Å². The van der Waals surface area contributed by atoms with E-state index in [2.05, 4.69) is 31.4 Å². The first kappa shape index (κ1) is 20.3. The molecule has 0 atom stereocenters. The van der Waals surface area contributed by atoms with Crippen molar-refractivity contribution in [2.45, 2.75) is 12.8 Å². The molecular weight excluding hydrogens is 272 g/mol. The number of hydrogen-bond donors (Lipinski definition) is 0. The molecule has 0 N–H and O–H groups in total. The molecule has 1 aromatic carbocycles. The van der Waals surface area contributed by atoms with E-state index in [0.717, 1.165) is 19.4 Å². The predicted octanol–water partition coefficient (Wildman–Crippen LogP) is -1.40. The molecule has 0 radical (unpaired) electrons. The van der Waals surface area contributed by atoms with Gasteiger partial charge in [-0.3, -0.25) is 0 Å². The first-order chi connectivity index (χ1) is 7.86. The summed E-state index contributed by atoms with van der Waals surface area (Å²) in [7, 11) is -0.577.